The number of aliphatic hydroxyl groups is 1. The molecule has 0 amide bonds. The molecule has 0 aromatic carbocycles. The number of rotatable bonds is 13. The van der Waals surface area contributed by atoms with E-state index in [4.69, 9.17) is 4.74 Å². The second kappa shape index (κ2) is 12.2. The molecule has 0 saturated heterocycles. The molecule has 1 rings (SSSR count). The van der Waals surface area contributed by atoms with Crippen LogP contribution < -0.4 is 5.32 Å². The zero-order valence-corrected chi connectivity index (χ0v) is 14.4. The first-order valence-corrected chi connectivity index (χ1v) is 9.16. The predicted octanol–water partition coefficient (Wildman–Crippen LogP) is 3.88. The van der Waals surface area contributed by atoms with Gasteiger partial charge in [-0.15, -0.1) is 0 Å². The van der Waals surface area contributed by atoms with E-state index in [1.807, 2.05) is 0 Å². The third-order valence-corrected chi connectivity index (χ3v) is 4.52. The van der Waals surface area contributed by atoms with Crippen molar-refractivity contribution < 1.29 is 9.84 Å². The van der Waals surface area contributed by atoms with Gasteiger partial charge in [0.1, 0.15) is 0 Å². The fraction of sp³-hybridized carbons (Fsp3) is 0.765. The van der Waals surface area contributed by atoms with Crippen LogP contribution in [0.1, 0.15) is 56.6 Å². The molecule has 1 aromatic rings. The molecule has 3 nitrogen and oxygen atoms in total. The maximum atomic E-state index is 9.83. The zero-order valence-electron chi connectivity index (χ0n) is 13.6. The Morgan fingerprint density at radius 3 is 2.67 bits per heavy atom. The molecule has 1 atom stereocenters. The monoisotopic (exact) mass is 313 g/mol. The van der Waals surface area contributed by atoms with Gasteiger partial charge in [-0.1, -0.05) is 39.0 Å². The molecular formula is C17H31NO2S. The lowest BCUT2D eigenvalue weighted by atomic mass is 10.1. The lowest BCUT2D eigenvalue weighted by molar-refractivity contribution is 0.0353. The number of unbranched alkanes of at least 4 members (excludes halogenated alkanes) is 5. The normalized spacial score (nSPS) is 12.7. The molecule has 0 aliphatic heterocycles. The Kier molecular flexibility index (Phi) is 10.8. The lowest BCUT2D eigenvalue weighted by Crippen LogP contribution is -2.30. The minimum absolute atomic E-state index is 0.413. The smallest absolute Gasteiger partial charge is 0.0897 e. The Hall–Kier alpha value is -0.420. The molecule has 4 heteroatoms. The topological polar surface area (TPSA) is 41.5 Å². The van der Waals surface area contributed by atoms with Gasteiger partial charge in [0.15, 0.2) is 0 Å². The number of aliphatic hydroxyl groups excluding tert-OH is 1. The molecule has 1 aromatic heterocycles. The van der Waals surface area contributed by atoms with Gasteiger partial charge in [-0.05, 0) is 35.2 Å². The number of aryl methyl sites for hydroxylation is 1. The summed E-state index contributed by atoms with van der Waals surface area (Å²) in [6.45, 7) is 6.97. The zero-order chi connectivity index (χ0) is 15.3. The highest BCUT2D eigenvalue weighted by Crippen LogP contribution is 2.12. The average Bonchev–Trinajstić information content (AvgIpc) is 2.87. The van der Waals surface area contributed by atoms with E-state index in [2.05, 4.69) is 29.9 Å². The fourth-order valence-electron chi connectivity index (χ4n) is 2.20. The summed E-state index contributed by atoms with van der Waals surface area (Å²) >= 11 is 1.72. The van der Waals surface area contributed by atoms with Gasteiger partial charge in [-0.25, -0.2) is 0 Å². The van der Waals surface area contributed by atoms with Gasteiger partial charge in [-0.2, -0.15) is 11.3 Å². The highest BCUT2D eigenvalue weighted by Gasteiger charge is 2.05. The summed E-state index contributed by atoms with van der Waals surface area (Å²) in [5, 5.41) is 17.4. The van der Waals surface area contributed by atoms with Crippen molar-refractivity contribution in [3.05, 3.63) is 21.9 Å². The van der Waals surface area contributed by atoms with Gasteiger partial charge >= 0.3 is 0 Å². The molecule has 0 spiro atoms. The molecule has 0 saturated carbocycles. The van der Waals surface area contributed by atoms with E-state index in [9.17, 15) is 5.11 Å². The highest BCUT2D eigenvalue weighted by atomic mass is 32.1. The van der Waals surface area contributed by atoms with E-state index in [1.165, 1.54) is 43.2 Å². The van der Waals surface area contributed by atoms with Crippen LogP contribution in [0.5, 0.6) is 0 Å². The van der Waals surface area contributed by atoms with Gasteiger partial charge in [0.05, 0.1) is 12.7 Å². The summed E-state index contributed by atoms with van der Waals surface area (Å²) in [5.74, 6) is 0. The van der Waals surface area contributed by atoms with Gasteiger partial charge in [0, 0.05) is 19.7 Å². The van der Waals surface area contributed by atoms with Crippen LogP contribution >= 0.6 is 11.3 Å². The van der Waals surface area contributed by atoms with Crippen LogP contribution in [0.2, 0.25) is 0 Å². The SMILES string of the molecule is CCCCCCCCOCC(O)CNCc1cscc1C. The Balaban J connectivity index is 1.90. The van der Waals surface area contributed by atoms with E-state index in [0.29, 0.717) is 13.2 Å². The number of hydrogen-bond acceptors (Lipinski definition) is 4. The van der Waals surface area contributed by atoms with Crippen LogP contribution in [-0.2, 0) is 11.3 Å². The summed E-state index contributed by atoms with van der Waals surface area (Å²) in [4.78, 5) is 0. The van der Waals surface area contributed by atoms with Crippen molar-refractivity contribution in [1.82, 2.24) is 5.32 Å². The van der Waals surface area contributed by atoms with Crippen molar-refractivity contribution in [2.24, 2.45) is 0 Å². The Labute approximate surface area is 133 Å². The second-order valence-electron chi connectivity index (χ2n) is 5.71. The second-order valence-corrected chi connectivity index (χ2v) is 6.45. The quantitative estimate of drug-likeness (QED) is 0.543. The highest BCUT2D eigenvalue weighted by molar-refractivity contribution is 7.08. The molecule has 2 N–H and O–H groups in total. The summed E-state index contributed by atoms with van der Waals surface area (Å²) in [5.41, 5.74) is 2.64. The maximum Gasteiger partial charge on any atom is 0.0897 e. The molecule has 0 aliphatic carbocycles. The molecule has 0 fully saturated rings. The van der Waals surface area contributed by atoms with Crippen molar-refractivity contribution in [3.63, 3.8) is 0 Å². The first kappa shape index (κ1) is 18.6. The standard InChI is InChI=1S/C17H31NO2S/c1-3-4-5-6-7-8-9-20-12-17(19)11-18-10-16-14-21-13-15(16)2/h13-14,17-19H,3-12H2,1-2H3. The summed E-state index contributed by atoms with van der Waals surface area (Å²) in [7, 11) is 0. The minimum atomic E-state index is -0.413. The van der Waals surface area contributed by atoms with E-state index < -0.39 is 6.10 Å². The van der Waals surface area contributed by atoms with Crippen LogP contribution in [0, 0.1) is 6.92 Å². The molecule has 1 heterocycles. The van der Waals surface area contributed by atoms with E-state index >= 15 is 0 Å². The van der Waals surface area contributed by atoms with Crippen molar-refractivity contribution >= 4 is 11.3 Å². The van der Waals surface area contributed by atoms with Crippen molar-refractivity contribution in [2.45, 2.75) is 65.0 Å². The maximum absolute atomic E-state index is 9.83. The molecular weight excluding hydrogens is 282 g/mol. The first-order valence-electron chi connectivity index (χ1n) is 8.22. The number of ether oxygens (including phenoxy) is 1. The van der Waals surface area contributed by atoms with Gasteiger partial charge < -0.3 is 15.2 Å². The Bertz CT molecular complexity index is 354. The molecule has 1 unspecified atom stereocenters. The van der Waals surface area contributed by atoms with Crippen molar-refractivity contribution in [3.8, 4) is 0 Å². The molecule has 0 aliphatic rings. The van der Waals surface area contributed by atoms with E-state index in [1.54, 1.807) is 11.3 Å². The third-order valence-electron chi connectivity index (χ3n) is 3.61. The van der Waals surface area contributed by atoms with Gasteiger partial charge in [0.25, 0.3) is 0 Å². The minimum Gasteiger partial charge on any atom is -0.389 e. The van der Waals surface area contributed by atoms with Crippen LogP contribution in [0.4, 0.5) is 0 Å². The summed E-state index contributed by atoms with van der Waals surface area (Å²) in [6.07, 6.45) is 7.22. The van der Waals surface area contributed by atoms with Crippen LogP contribution in [-0.4, -0.2) is 31.0 Å². The molecule has 0 radical (unpaired) electrons. The molecule has 122 valence electrons. The van der Waals surface area contributed by atoms with Gasteiger partial charge in [0.2, 0.25) is 0 Å². The van der Waals surface area contributed by atoms with Crippen molar-refractivity contribution in [1.29, 1.82) is 0 Å². The number of hydrogen-bond donors (Lipinski definition) is 2. The molecule has 21 heavy (non-hydrogen) atoms. The predicted molar refractivity (Wildman–Crippen MR) is 91.0 cm³/mol. The van der Waals surface area contributed by atoms with Crippen LogP contribution in [0.25, 0.3) is 0 Å². The number of thiophene rings is 1. The van der Waals surface area contributed by atoms with E-state index in [-0.39, 0.29) is 0 Å². The lowest BCUT2D eigenvalue weighted by Gasteiger charge is -2.12. The van der Waals surface area contributed by atoms with Gasteiger partial charge in [-0.3, -0.25) is 0 Å². The first-order chi connectivity index (χ1) is 10.2. The fourth-order valence-corrected chi connectivity index (χ4v) is 3.06. The summed E-state index contributed by atoms with van der Waals surface area (Å²) in [6, 6.07) is 0. The largest absolute Gasteiger partial charge is 0.389 e. The van der Waals surface area contributed by atoms with Crippen LogP contribution in [0.3, 0.4) is 0 Å². The Morgan fingerprint density at radius 1 is 1.19 bits per heavy atom. The molecule has 0 bridgehead atoms. The Morgan fingerprint density at radius 2 is 1.95 bits per heavy atom. The van der Waals surface area contributed by atoms with E-state index in [0.717, 1.165) is 19.6 Å². The third kappa shape index (κ3) is 9.25. The average molecular weight is 314 g/mol. The number of nitrogens with one attached hydrogen (secondary N) is 1. The van der Waals surface area contributed by atoms with Crippen molar-refractivity contribution in [2.75, 3.05) is 19.8 Å². The summed E-state index contributed by atoms with van der Waals surface area (Å²) < 4.78 is 5.53. The van der Waals surface area contributed by atoms with Crippen LogP contribution in [0.15, 0.2) is 10.8 Å².